The number of carbonyl (C=O) groups is 1. The fourth-order valence-corrected chi connectivity index (χ4v) is 3.52. The van der Waals surface area contributed by atoms with E-state index in [0.717, 1.165) is 62.7 Å². The van der Waals surface area contributed by atoms with E-state index in [4.69, 9.17) is 4.74 Å². The van der Waals surface area contributed by atoms with Gasteiger partial charge in [-0.05, 0) is 49.4 Å². The minimum atomic E-state index is -4.40. The summed E-state index contributed by atoms with van der Waals surface area (Å²) in [4.78, 5) is 16.7. The average Bonchev–Trinajstić information content (AvgIpc) is 2.76. The number of rotatable bonds is 7. The maximum absolute atomic E-state index is 12.6. The number of ether oxygens (including phenoxy) is 1. The molecule has 5 nitrogen and oxygen atoms in total. The van der Waals surface area contributed by atoms with Crippen molar-refractivity contribution in [2.24, 2.45) is 0 Å². The van der Waals surface area contributed by atoms with Crippen molar-refractivity contribution in [1.82, 2.24) is 10.2 Å². The number of carbonyl (C=O) groups excluding carboxylic acids is 1. The van der Waals surface area contributed by atoms with Crippen LogP contribution in [0.4, 0.5) is 18.9 Å². The summed E-state index contributed by atoms with van der Waals surface area (Å²) in [5.74, 6) is 0.515. The number of hydrogen-bond donors (Lipinski definition) is 1. The molecule has 0 aromatic heterocycles. The number of amides is 1. The molecule has 1 N–H and O–H groups in total. The van der Waals surface area contributed by atoms with Crippen LogP contribution in [-0.4, -0.2) is 57.2 Å². The summed E-state index contributed by atoms with van der Waals surface area (Å²) in [5, 5.41) is 2.77. The van der Waals surface area contributed by atoms with E-state index in [1.165, 1.54) is 12.1 Å². The first-order chi connectivity index (χ1) is 14.4. The number of piperazine rings is 1. The number of methoxy groups -OCH3 is 1. The molecule has 1 aliphatic heterocycles. The predicted octanol–water partition coefficient (Wildman–Crippen LogP) is 3.66. The van der Waals surface area contributed by atoms with Gasteiger partial charge in [0.05, 0.1) is 18.4 Å². The number of nitrogens with one attached hydrogen (secondary N) is 1. The average molecular weight is 421 g/mol. The minimum absolute atomic E-state index is 0.230. The van der Waals surface area contributed by atoms with Crippen molar-refractivity contribution in [3.05, 3.63) is 59.7 Å². The molecular weight excluding hydrogens is 395 g/mol. The number of nitrogens with zero attached hydrogens (tertiary/aromatic N) is 2. The first-order valence-electron chi connectivity index (χ1n) is 9.94. The van der Waals surface area contributed by atoms with Crippen LogP contribution in [0.15, 0.2) is 48.5 Å². The highest BCUT2D eigenvalue weighted by molar-refractivity contribution is 5.94. The van der Waals surface area contributed by atoms with Crippen molar-refractivity contribution in [2.45, 2.75) is 12.6 Å². The molecule has 0 saturated carbocycles. The fourth-order valence-electron chi connectivity index (χ4n) is 3.52. The quantitative estimate of drug-likeness (QED) is 0.694. The minimum Gasteiger partial charge on any atom is -0.495 e. The van der Waals surface area contributed by atoms with Crippen LogP contribution < -0.4 is 15.0 Å². The summed E-state index contributed by atoms with van der Waals surface area (Å²) < 4.78 is 43.2. The summed E-state index contributed by atoms with van der Waals surface area (Å²) in [6.45, 7) is 4.98. The number of alkyl halides is 3. The number of benzene rings is 2. The van der Waals surface area contributed by atoms with E-state index >= 15 is 0 Å². The lowest BCUT2D eigenvalue weighted by atomic mass is 10.1. The van der Waals surface area contributed by atoms with Gasteiger partial charge >= 0.3 is 6.18 Å². The van der Waals surface area contributed by atoms with Crippen molar-refractivity contribution in [3.63, 3.8) is 0 Å². The van der Waals surface area contributed by atoms with E-state index in [9.17, 15) is 18.0 Å². The molecule has 0 atom stereocenters. The molecule has 1 fully saturated rings. The van der Waals surface area contributed by atoms with E-state index < -0.39 is 11.7 Å². The van der Waals surface area contributed by atoms with Gasteiger partial charge in [0.2, 0.25) is 0 Å². The van der Waals surface area contributed by atoms with E-state index in [2.05, 4.69) is 21.2 Å². The monoisotopic (exact) mass is 421 g/mol. The second-order valence-electron chi connectivity index (χ2n) is 7.19. The van der Waals surface area contributed by atoms with E-state index in [1.54, 1.807) is 7.11 Å². The summed E-state index contributed by atoms with van der Waals surface area (Å²) in [6, 6.07) is 12.2. The molecule has 1 amide bonds. The van der Waals surface area contributed by atoms with Gasteiger partial charge in [0.15, 0.2) is 0 Å². The number of hydrogen-bond acceptors (Lipinski definition) is 4. The normalized spacial score (nSPS) is 15.1. The molecule has 0 aliphatic carbocycles. The number of para-hydroxylation sites is 2. The largest absolute Gasteiger partial charge is 0.495 e. The van der Waals surface area contributed by atoms with Crippen molar-refractivity contribution in [3.8, 4) is 5.75 Å². The topological polar surface area (TPSA) is 44.8 Å². The predicted molar refractivity (Wildman–Crippen MR) is 110 cm³/mol. The first kappa shape index (κ1) is 22.0. The van der Waals surface area contributed by atoms with Gasteiger partial charge in [-0.1, -0.05) is 12.1 Å². The molecule has 30 heavy (non-hydrogen) atoms. The Bertz CT molecular complexity index is 832. The Kier molecular flexibility index (Phi) is 7.20. The molecule has 3 rings (SSSR count). The second-order valence-corrected chi connectivity index (χ2v) is 7.19. The highest BCUT2D eigenvalue weighted by Gasteiger charge is 2.30. The Morgan fingerprint density at radius 2 is 1.70 bits per heavy atom. The third-order valence-electron chi connectivity index (χ3n) is 5.21. The summed E-state index contributed by atoms with van der Waals surface area (Å²) in [7, 11) is 1.67. The van der Waals surface area contributed by atoms with Crippen LogP contribution in [0.25, 0.3) is 0 Å². The Morgan fingerprint density at radius 1 is 1.03 bits per heavy atom. The summed E-state index contributed by atoms with van der Waals surface area (Å²) >= 11 is 0. The number of halogens is 3. The molecule has 1 aliphatic rings. The molecular formula is C22H26F3N3O2. The SMILES string of the molecule is COc1ccccc1N1CCN(CCCNC(=O)c2ccc(C(F)(F)F)cc2)CC1. The molecule has 0 radical (unpaired) electrons. The van der Waals surface area contributed by atoms with Crippen LogP contribution in [0.5, 0.6) is 5.75 Å². The summed E-state index contributed by atoms with van der Waals surface area (Å²) in [6.07, 6.45) is -3.62. The standard InChI is InChI=1S/C22H26F3N3O2/c1-30-20-6-3-2-5-19(20)28-15-13-27(14-16-28)12-4-11-26-21(29)17-7-9-18(10-8-17)22(23,24)25/h2-3,5-10H,4,11-16H2,1H3,(H,26,29). The third-order valence-corrected chi connectivity index (χ3v) is 5.21. The van der Waals surface area contributed by atoms with Gasteiger partial charge in [0.25, 0.3) is 5.91 Å². The van der Waals surface area contributed by atoms with Gasteiger partial charge in [-0.15, -0.1) is 0 Å². The van der Waals surface area contributed by atoms with Crippen LogP contribution in [0.1, 0.15) is 22.3 Å². The Morgan fingerprint density at radius 3 is 2.33 bits per heavy atom. The van der Waals surface area contributed by atoms with Gasteiger partial charge < -0.3 is 15.0 Å². The van der Waals surface area contributed by atoms with Crippen LogP contribution >= 0.6 is 0 Å². The lowest BCUT2D eigenvalue weighted by Gasteiger charge is -2.36. The van der Waals surface area contributed by atoms with Crippen LogP contribution in [0.2, 0.25) is 0 Å². The highest BCUT2D eigenvalue weighted by atomic mass is 19.4. The zero-order valence-corrected chi connectivity index (χ0v) is 16.9. The van der Waals surface area contributed by atoms with Crippen LogP contribution in [0, 0.1) is 0 Å². The second kappa shape index (κ2) is 9.84. The molecule has 0 bridgehead atoms. The van der Waals surface area contributed by atoms with Crippen molar-refractivity contribution >= 4 is 11.6 Å². The maximum Gasteiger partial charge on any atom is 0.416 e. The van der Waals surface area contributed by atoms with Crippen molar-refractivity contribution in [2.75, 3.05) is 51.3 Å². The smallest absolute Gasteiger partial charge is 0.416 e. The lowest BCUT2D eigenvalue weighted by Crippen LogP contribution is -2.47. The lowest BCUT2D eigenvalue weighted by molar-refractivity contribution is -0.137. The molecule has 2 aromatic rings. The molecule has 0 unspecified atom stereocenters. The first-order valence-corrected chi connectivity index (χ1v) is 9.94. The van der Waals surface area contributed by atoms with Crippen molar-refractivity contribution in [1.29, 1.82) is 0 Å². The van der Waals surface area contributed by atoms with Crippen LogP contribution in [-0.2, 0) is 6.18 Å². The molecule has 1 saturated heterocycles. The maximum atomic E-state index is 12.6. The van der Waals surface area contributed by atoms with Gasteiger partial charge in [0.1, 0.15) is 5.75 Å². The van der Waals surface area contributed by atoms with E-state index in [0.29, 0.717) is 6.54 Å². The molecule has 0 spiro atoms. The van der Waals surface area contributed by atoms with E-state index in [-0.39, 0.29) is 11.5 Å². The molecule has 2 aromatic carbocycles. The molecule has 162 valence electrons. The zero-order valence-electron chi connectivity index (χ0n) is 16.9. The van der Waals surface area contributed by atoms with Gasteiger partial charge in [-0.3, -0.25) is 9.69 Å². The fraction of sp³-hybridized carbons (Fsp3) is 0.409. The van der Waals surface area contributed by atoms with E-state index in [1.807, 2.05) is 18.2 Å². The van der Waals surface area contributed by atoms with Gasteiger partial charge in [0, 0.05) is 38.3 Å². The highest BCUT2D eigenvalue weighted by Crippen LogP contribution is 2.29. The van der Waals surface area contributed by atoms with Gasteiger partial charge in [-0.25, -0.2) is 0 Å². The Hall–Kier alpha value is -2.74. The zero-order chi connectivity index (χ0) is 21.6. The Labute approximate surface area is 174 Å². The summed E-state index contributed by atoms with van der Waals surface area (Å²) in [5.41, 5.74) is 0.572. The Balaban J connectivity index is 1.38. The van der Waals surface area contributed by atoms with Crippen molar-refractivity contribution < 1.29 is 22.7 Å². The number of anilines is 1. The third kappa shape index (κ3) is 5.66. The molecule has 8 heteroatoms. The van der Waals surface area contributed by atoms with Crippen LogP contribution in [0.3, 0.4) is 0 Å². The molecule has 1 heterocycles. The van der Waals surface area contributed by atoms with Gasteiger partial charge in [-0.2, -0.15) is 13.2 Å².